The molecule has 2 aromatic heterocycles. The maximum atomic E-state index is 13.7. The zero-order valence-electron chi connectivity index (χ0n) is 23.9. The first-order valence-electron chi connectivity index (χ1n) is 12.9. The molecule has 2 aliphatic heterocycles. The number of carbonyl (C=O) groups is 3. The lowest BCUT2D eigenvalue weighted by Gasteiger charge is -2.39. The normalized spacial score (nSPS) is 21.1. The number of carbonyl (C=O) groups excluding carboxylic acids is 3. The van der Waals surface area contributed by atoms with Crippen LogP contribution in [0.3, 0.4) is 0 Å². The van der Waals surface area contributed by atoms with Gasteiger partial charge in [-0.3, -0.25) is 23.6 Å². The number of anilines is 1. The molecule has 0 aliphatic carbocycles. The predicted molar refractivity (Wildman–Crippen MR) is 141 cm³/mol. The molecule has 4 heterocycles. The first-order valence-corrected chi connectivity index (χ1v) is 14.2. The average molecular weight is 583 g/mol. The molecule has 3 amide bonds. The number of rotatable bonds is 8. The summed E-state index contributed by atoms with van der Waals surface area (Å²) in [5.41, 5.74) is 1.12. The van der Waals surface area contributed by atoms with Gasteiger partial charge in [0.15, 0.2) is 18.8 Å². The molecule has 2 N–H and O–H groups in total. The van der Waals surface area contributed by atoms with Crippen LogP contribution in [-0.2, 0) is 44.8 Å². The molecule has 0 saturated carbocycles. The van der Waals surface area contributed by atoms with Gasteiger partial charge in [-0.25, -0.2) is 4.18 Å². The second-order valence-corrected chi connectivity index (χ2v) is 12.6. The molecular formula is C24H38N8O7S+2. The minimum atomic E-state index is -4.87. The summed E-state index contributed by atoms with van der Waals surface area (Å²) in [7, 11) is 7.95. The van der Waals surface area contributed by atoms with Gasteiger partial charge in [-0.05, 0) is 6.42 Å². The Labute approximate surface area is 233 Å². The second-order valence-electron chi connectivity index (χ2n) is 11.6. The van der Waals surface area contributed by atoms with Crippen LogP contribution in [0.2, 0.25) is 0 Å². The lowest BCUT2D eigenvalue weighted by Crippen LogP contribution is -2.49. The number of aryl methyl sites for hydroxylation is 2. The summed E-state index contributed by atoms with van der Waals surface area (Å²) in [5, 5.41) is 7.30. The Hall–Kier alpha value is -3.34. The highest BCUT2D eigenvalue weighted by molar-refractivity contribution is 7.80. The number of hydrogen-bond acceptors (Lipinski definition) is 7. The minimum Gasteiger partial charge on any atom is -0.347 e. The lowest BCUT2D eigenvalue weighted by molar-refractivity contribution is -0.874. The molecule has 4 rings (SSSR count). The van der Waals surface area contributed by atoms with Gasteiger partial charge in [0.25, 0.3) is 11.8 Å². The van der Waals surface area contributed by atoms with Gasteiger partial charge in [0.05, 0.1) is 39.1 Å². The van der Waals surface area contributed by atoms with Crippen LogP contribution in [0, 0.1) is 0 Å². The molecule has 0 spiro atoms. The SMILES string of the molecule is CN(C)C(=O)C1c2c(c(C(=O)Nc3cn(CC[N+](C)(C)C)[n+](C)c3)nn2C)C2CN1C(=O)CCC2OS(=O)(=O)O. The van der Waals surface area contributed by atoms with Crippen LogP contribution in [-0.4, -0.2) is 114 Å². The third-order valence-electron chi connectivity index (χ3n) is 7.29. The van der Waals surface area contributed by atoms with E-state index in [2.05, 4.69) is 31.6 Å². The van der Waals surface area contributed by atoms with Crippen molar-refractivity contribution in [3.63, 3.8) is 0 Å². The average Bonchev–Trinajstić information content (AvgIpc) is 3.32. The van der Waals surface area contributed by atoms with Gasteiger partial charge < -0.3 is 19.6 Å². The van der Waals surface area contributed by atoms with E-state index in [0.717, 1.165) is 11.0 Å². The number of fused-ring (bicyclic) bond motifs is 4. The maximum absolute atomic E-state index is 13.7. The van der Waals surface area contributed by atoms with Crippen molar-refractivity contribution < 1.29 is 40.7 Å². The molecule has 16 heteroatoms. The fraction of sp³-hybridized carbons (Fsp3) is 0.625. The Morgan fingerprint density at radius 3 is 2.58 bits per heavy atom. The fourth-order valence-electron chi connectivity index (χ4n) is 5.33. The number of quaternary nitrogens is 1. The number of aromatic nitrogens is 4. The summed E-state index contributed by atoms with van der Waals surface area (Å²) in [4.78, 5) is 42.8. The molecule has 1 fully saturated rings. The molecule has 1 saturated heterocycles. The molecule has 3 unspecified atom stereocenters. The number of likely N-dealkylation sites (N-methyl/N-ethyl adjacent to an activating group) is 2. The third kappa shape index (κ3) is 6.04. The Morgan fingerprint density at radius 2 is 1.98 bits per heavy atom. The van der Waals surface area contributed by atoms with E-state index in [9.17, 15) is 27.4 Å². The van der Waals surface area contributed by atoms with Crippen molar-refractivity contribution in [2.24, 2.45) is 14.1 Å². The van der Waals surface area contributed by atoms with Crippen LogP contribution >= 0.6 is 0 Å². The van der Waals surface area contributed by atoms with Crippen LogP contribution in [0.1, 0.15) is 46.5 Å². The monoisotopic (exact) mass is 582 g/mol. The van der Waals surface area contributed by atoms with Crippen molar-refractivity contribution in [2.75, 3.05) is 53.6 Å². The molecule has 2 aromatic rings. The van der Waals surface area contributed by atoms with E-state index >= 15 is 0 Å². The molecule has 0 aromatic carbocycles. The van der Waals surface area contributed by atoms with Crippen molar-refractivity contribution >= 4 is 33.8 Å². The molecule has 40 heavy (non-hydrogen) atoms. The lowest BCUT2D eigenvalue weighted by atomic mass is 9.84. The summed E-state index contributed by atoms with van der Waals surface area (Å²) in [6.45, 7) is 1.49. The highest BCUT2D eigenvalue weighted by atomic mass is 32.3. The Balaban J connectivity index is 1.77. The summed E-state index contributed by atoms with van der Waals surface area (Å²) in [6.07, 6.45) is 2.27. The van der Waals surface area contributed by atoms with Crippen molar-refractivity contribution in [1.29, 1.82) is 0 Å². The van der Waals surface area contributed by atoms with Gasteiger partial charge in [-0.2, -0.15) is 18.2 Å². The minimum absolute atomic E-state index is 0.0150. The predicted octanol–water partition coefficient (Wildman–Crippen LogP) is -0.958. The standard InChI is InChI=1S/C24H36N8O7S/c1-27(2)24(35)22-21-19(16-14-31(22)18(33)9-8-17(16)39-40(36,37)38)20(26-29(21)4)23(34)25-15-12-28(3)30(13-15)10-11-32(5,6)7/h12-13,16-17,22H,8-11,14H2,1-7H3/p+2. The summed E-state index contributed by atoms with van der Waals surface area (Å²) in [5.74, 6) is -2.16. The summed E-state index contributed by atoms with van der Waals surface area (Å²) in [6, 6.07) is -1.06. The van der Waals surface area contributed by atoms with Gasteiger partial charge in [0, 0.05) is 45.6 Å². The second kappa shape index (κ2) is 10.6. The first-order chi connectivity index (χ1) is 18.5. The van der Waals surface area contributed by atoms with Crippen LogP contribution in [0.15, 0.2) is 12.4 Å². The molecule has 2 aliphatic rings. The number of hydrogen-bond donors (Lipinski definition) is 2. The highest BCUT2D eigenvalue weighted by Gasteiger charge is 2.50. The van der Waals surface area contributed by atoms with E-state index in [-0.39, 0.29) is 31.0 Å². The quantitative estimate of drug-likeness (QED) is 0.229. The molecule has 220 valence electrons. The molecular weight excluding hydrogens is 544 g/mol. The topological polar surface area (TPSA) is 160 Å². The zero-order valence-corrected chi connectivity index (χ0v) is 24.7. The molecule has 15 nitrogen and oxygen atoms in total. The number of amides is 3. The smallest absolute Gasteiger partial charge is 0.347 e. The van der Waals surface area contributed by atoms with E-state index in [1.165, 1.54) is 14.5 Å². The van der Waals surface area contributed by atoms with E-state index in [1.807, 2.05) is 16.4 Å². The largest absolute Gasteiger partial charge is 0.397 e. The molecule has 3 atom stereocenters. The van der Waals surface area contributed by atoms with Crippen LogP contribution in [0.5, 0.6) is 0 Å². The fourth-order valence-corrected chi connectivity index (χ4v) is 5.88. The number of nitrogens with zero attached hydrogens (tertiary/aromatic N) is 7. The Morgan fingerprint density at radius 1 is 1.30 bits per heavy atom. The van der Waals surface area contributed by atoms with E-state index < -0.39 is 40.3 Å². The summed E-state index contributed by atoms with van der Waals surface area (Å²) < 4.78 is 43.9. The van der Waals surface area contributed by atoms with Crippen molar-refractivity contribution in [1.82, 2.24) is 24.3 Å². The van der Waals surface area contributed by atoms with Crippen molar-refractivity contribution in [3.05, 3.63) is 29.3 Å². The Kier molecular flexibility index (Phi) is 7.83. The molecule has 2 bridgehead atoms. The number of nitrogens with one attached hydrogen (secondary N) is 1. The van der Waals surface area contributed by atoms with Crippen molar-refractivity contribution in [3.8, 4) is 0 Å². The van der Waals surface area contributed by atoms with Gasteiger partial charge >= 0.3 is 10.4 Å². The van der Waals surface area contributed by atoms with Gasteiger partial charge in [-0.15, -0.1) is 4.68 Å². The summed E-state index contributed by atoms with van der Waals surface area (Å²) >= 11 is 0. The van der Waals surface area contributed by atoms with Crippen LogP contribution in [0.4, 0.5) is 5.69 Å². The van der Waals surface area contributed by atoms with Crippen LogP contribution in [0.25, 0.3) is 0 Å². The zero-order chi connectivity index (χ0) is 29.7. The van der Waals surface area contributed by atoms with E-state index in [0.29, 0.717) is 23.5 Å². The van der Waals surface area contributed by atoms with E-state index in [1.54, 1.807) is 33.5 Å². The third-order valence-corrected chi connectivity index (χ3v) is 7.78. The van der Waals surface area contributed by atoms with E-state index in [4.69, 9.17) is 4.18 Å². The first kappa shape index (κ1) is 29.6. The van der Waals surface area contributed by atoms with Crippen molar-refractivity contribution in [2.45, 2.75) is 37.5 Å². The van der Waals surface area contributed by atoms with Gasteiger partial charge in [0.2, 0.25) is 12.1 Å². The maximum Gasteiger partial charge on any atom is 0.397 e. The molecule has 0 radical (unpaired) electrons. The Bertz CT molecular complexity index is 1440. The highest BCUT2D eigenvalue weighted by Crippen LogP contribution is 2.44. The van der Waals surface area contributed by atoms with Gasteiger partial charge in [0.1, 0.15) is 18.8 Å². The van der Waals surface area contributed by atoms with Crippen LogP contribution < -0.4 is 10.00 Å². The van der Waals surface area contributed by atoms with Gasteiger partial charge in [-0.1, -0.05) is 0 Å².